The predicted molar refractivity (Wildman–Crippen MR) is 59.6 cm³/mol. The Labute approximate surface area is 89.2 Å². The molecule has 2 heteroatoms. The second-order valence-corrected chi connectivity index (χ2v) is 3.83. The van der Waals surface area contributed by atoms with Crippen molar-refractivity contribution in [3.05, 3.63) is 45.5 Å². The molecule has 1 aromatic rings. The van der Waals surface area contributed by atoms with E-state index in [2.05, 4.69) is 13.0 Å². The molecule has 0 aliphatic rings. The first-order valence-electron chi connectivity index (χ1n) is 4.20. The SMILES string of the molecule is C/C=C(\C)Cc1c(Cl)cccc1Cl. The molecule has 1 rings (SSSR count). The summed E-state index contributed by atoms with van der Waals surface area (Å²) in [4.78, 5) is 0. The first-order chi connectivity index (χ1) is 6.15. The molecule has 0 saturated heterocycles. The van der Waals surface area contributed by atoms with Gasteiger partial charge in [-0.15, -0.1) is 0 Å². The highest BCUT2D eigenvalue weighted by molar-refractivity contribution is 6.36. The summed E-state index contributed by atoms with van der Waals surface area (Å²) < 4.78 is 0. The molecule has 70 valence electrons. The van der Waals surface area contributed by atoms with Crippen LogP contribution < -0.4 is 0 Å². The number of hydrogen-bond acceptors (Lipinski definition) is 0. The van der Waals surface area contributed by atoms with E-state index in [0.29, 0.717) is 0 Å². The van der Waals surface area contributed by atoms with Gasteiger partial charge in [0.25, 0.3) is 0 Å². The van der Waals surface area contributed by atoms with Gasteiger partial charge in [-0.2, -0.15) is 0 Å². The second-order valence-electron chi connectivity index (χ2n) is 3.01. The van der Waals surface area contributed by atoms with Gasteiger partial charge >= 0.3 is 0 Å². The van der Waals surface area contributed by atoms with Crippen molar-refractivity contribution in [2.45, 2.75) is 20.3 Å². The highest BCUT2D eigenvalue weighted by atomic mass is 35.5. The minimum absolute atomic E-state index is 0.744. The summed E-state index contributed by atoms with van der Waals surface area (Å²) in [7, 11) is 0. The Hall–Kier alpha value is -0.460. The average Bonchev–Trinajstić information content (AvgIpc) is 2.11. The van der Waals surface area contributed by atoms with Gasteiger partial charge in [0, 0.05) is 10.0 Å². The van der Waals surface area contributed by atoms with Gasteiger partial charge in [-0.3, -0.25) is 0 Å². The van der Waals surface area contributed by atoms with Crippen molar-refractivity contribution >= 4 is 23.2 Å². The lowest BCUT2D eigenvalue weighted by atomic mass is 10.1. The van der Waals surface area contributed by atoms with Crippen molar-refractivity contribution < 1.29 is 0 Å². The Morgan fingerprint density at radius 2 is 1.85 bits per heavy atom. The quantitative estimate of drug-likeness (QED) is 0.637. The molecule has 0 aromatic heterocycles. The summed E-state index contributed by atoms with van der Waals surface area (Å²) >= 11 is 12.0. The van der Waals surface area contributed by atoms with E-state index in [-0.39, 0.29) is 0 Å². The van der Waals surface area contributed by atoms with Crippen molar-refractivity contribution in [3.8, 4) is 0 Å². The lowest BCUT2D eigenvalue weighted by Gasteiger charge is -2.06. The molecule has 0 aliphatic carbocycles. The fourth-order valence-corrected chi connectivity index (χ4v) is 1.61. The van der Waals surface area contributed by atoms with Gasteiger partial charge in [-0.25, -0.2) is 0 Å². The van der Waals surface area contributed by atoms with Crippen molar-refractivity contribution in [2.75, 3.05) is 0 Å². The monoisotopic (exact) mass is 214 g/mol. The van der Waals surface area contributed by atoms with Gasteiger partial charge in [-0.1, -0.05) is 40.9 Å². The topological polar surface area (TPSA) is 0 Å². The molecule has 0 heterocycles. The maximum atomic E-state index is 6.02. The maximum Gasteiger partial charge on any atom is 0.0456 e. The predicted octanol–water partition coefficient (Wildman–Crippen LogP) is 4.50. The lowest BCUT2D eigenvalue weighted by Crippen LogP contribution is -1.89. The third kappa shape index (κ3) is 2.75. The van der Waals surface area contributed by atoms with E-state index in [4.69, 9.17) is 23.2 Å². The van der Waals surface area contributed by atoms with Crippen molar-refractivity contribution in [1.82, 2.24) is 0 Å². The summed E-state index contributed by atoms with van der Waals surface area (Å²) in [5.41, 5.74) is 2.29. The number of halogens is 2. The number of hydrogen-bond donors (Lipinski definition) is 0. The highest BCUT2D eigenvalue weighted by Gasteiger charge is 2.04. The molecule has 0 fully saturated rings. The molecule has 0 saturated carbocycles. The van der Waals surface area contributed by atoms with Crippen molar-refractivity contribution in [3.63, 3.8) is 0 Å². The summed E-state index contributed by atoms with van der Waals surface area (Å²) in [6, 6.07) is 5.59. The van der Waals surface area contributed by atoms with E-state index in [1.807, 2.05) is 25.1 Å². The lowest BCUT2D eigenvalue weighted by molar-refractivity contribution is 1.13. The Morgan fingerprint density at radius 1 is 1.31 bits per heavy atom. The smallest absolute Gasteiger partial charge is 0.0456 e. The van der Waals surface area contributed by atoms with Crippen molar-refractivity contribution in [1.29, 1.82) is 0 Å². The fraction of sp³-hybridized carbons (Fsp3) is 0.273. The van der Waals surface area contributed by atoms with E-state index in [1.54, 1.807) is 0 Å². The van der Waals surface area contributed by atoms with Gasteiger partial charge < -0.3 is 0 Å². The zero-order valence-electron chi connectivity index (χ0n) is 7.77. The minimum atomic E-state index is 0.744. The van der Waals surface area contributed by atoms with Gasteiger partial charge in [0.05, 0.1) is 0 Å². The molecule has 0 atom stereocenters. The van der Waals surface area contributed by atoms with Gasteiger partial charge in [0.1, 0.15) is 0 Å². The summed E-state index contributed by atoms with van der Waals surface area (Å²) in [6.07, 6.45) is 2.90. The van der Waals surface area contributed by atoms with E-state index < -0.39 is 0 Å². The van der Waals surface area contributed by atoms with Crippen LogP contribution in [0.5, 0.6) is 0 Å². The van der Waals surface area contributed by atoms with Gasteiger partial charge in [0.2, 0.25) is 0 Å². The number of benzene rings is 1. The van der Waals surface area contributed by atoms with Gasteiger partial charge in [-0.05, 0) is 38.0 Å². The van der Waals surface area contributed by atoms with Gasteiger partial charge in [0.15, 0.2) is 0 Å². The average molecular weight is 215 g/mol. The largest absolute Gasteiger partial charge is 0.0884 e. The van der Waals surface area contributed by atoms with Crippen molar-refractivity contribution in [2.24, 2.45) is 0 Å². The molecule has 0 N–H and O–H groups in total. The molecule has 0 unspecified atom stereocenters. The zero-order valence-corrected chi connectivity index (χ0v) is 9.28. The first-order valence-corrected chi connectivity index (χ1v) is 4.95. The zero-order chi connectivity index (χ0) is 9.84. The molecule has 13 heavy (non-hydrogen) atoms. The molecular formula is C11H12Cl2. The number of allylic oxidation sites excluding steroid dienone is 2. The second kappa shape index (κ2) is 4.69. The first kappa shape index (κ1) is 10.6. The minimum Gasteiger partial charge on any atom is -0.0884 e. The van der Waals surface area contributed by atoms with E-state index >= 15 is 0 Å². The van der Waals surface area contributed by atoms with E-state index in [9.17, 15) is 0 Å². The maximum absolute atomic E-state index is 6.02. The standard InChI is InChI=1S/C11H12Cl2/c1-3-8(2)7-9-10(12)5-4-6-11(9)13/h3-6H,7H2,1-2H3/b8-3+. The van der Waals surface area contributed by atoms with Crippen LogP contribution >= 0.6 is 23.2 Å². The van der Waals surface area contributed by atoms with Crippen LogP contribution in [0.4, 0.5) is 0 Å². The molecule has 0 aliphatic heterocycles. The summed E-state index contributed by atoms with van der Waals surface area (Å²) in [6.45, 7) is 4.08. The van der Waals surface area contributed by atoms with Crippen LogP contribution in [0.15, 0.2) is 29.8 Å². The van der Waals surface area contributed by atoms with Crippen LogP contribution in [0, 0.1) is 0 Å². The van der Waals surface area contributed by atoms with Crippen LogP contribution in [0.3, 0.4) is 0 Å². The van der Waals surface area contributed by atoms with Crippen LogP contribution in [0.25, 0.3) is 0 Å². The normalized spacial score (nSPS) is 11.8. The van der Waals surface area contributed by atoms with Crippen LogP contribution in [-0.4, -0.2) is 0 Å². The third-order valence-electron chi connectivity index (χ3n) is 2.01. The molecule has 0 spiro atoms. The molecular weight excluding hydrogens is 203 g/mol. The van der Waals surface area contributed by atoms with Crippen LogP contribution in [0.1, 0.15) is 19.4 Å². The Kier molecular flexibility index (Phi) is 3.83. The van der Waals surface area contributed by atoms with Crippen LogP contribution in [-0.2, 0) is 6.42 Å². The van der Waals surface area contributed by atoms with E-state index in [1.165, 1.54) is 5.57 Å². The summed E-state index contributed by atoms with van der Waals surface area (Å²) in [5, 5.41) is 1.49. The molecule has 1 aromatic carbocycles. The Balaban J connectivity index is 3.00. The van der Waals surface area contributed by atoms with Crippen LogP contribution in [0.2, 0.25) is 10.0 Å². The molecule has 0 radical (unpaired) electrons. The summed E-state index contributed by atoms with van der Waals surface area (Å²) in [5.74, 6) is 0. The van der Waals surface area contributed by atoms with E-state index in [0.717, 1.165) is 22.0 Å². The Morgan fingerprint density at radius 3 is 2.31 bits per heavy atom. The molecule has 0 bridgehead atoms. The highest BCUT2D eigenvalue weighted by Crippen LogP contribution is 2.26. The fourth-order valence-electron chi connectivity index (χ4n) is 1.08. The molecule has 0 amide bonds. The Bertz CT molecular complexity index is 307. The number of rotatable bonds is 2. The molecule has 0 nitrogen and oxygen atoms in total. The third-order valence-corrected chi connectivity index (χ3v) is 2.72.